The van der Waals surface area contributed by atoms with Crippen LogP contribution >= 0.6 is 22.9 Å². The van der Waals surface area contributed by atoms with Gasteiger partial charge in [0.2, 0.25) is 5.91 Å². The maximum Gasteiger partial charge on any atom is 0.308 e. The summed E-state index contributed by atoms with van der Waals surface area (Å²) >= 11 is 6.95. The summed E-state index contributed by atoms with van der Waals surface area (Å²) in [5.74, 6) is -1.25. The first kappa shape index (κ1) is 16.2. The molecule has 1 heterocycles. The van der Waals surface area contributed by atoms with Crippen LogP contribution in [-0.4, -0.2) is 22.0 Å². The molecule has 0 atom stereocenters. The number of amides is 1. The van der Waals surface area contributed by atoms with Crippen LogP contribution in [0.5, 0.6) is 0 Å². The van der Waals surface area contributed by atoms with Crippen LogP contribution in [0.15, 0.2) is 30.3 Å². The predicted molar refractivity (Wildman–Crippen MR) is 87.3 cm³/mol. The molecule has 1 amide bonds. The van der Waals surface area contributed by atoms with E-state index in [1.807, 2.05) is 0 Å². The molecule has 0 radical (unpaired) electrons. The fraction of sp³-hybridized carbons (Fsp3) is 0.133. The number of halogens is 1. The molecule has 0 aliphatic carbocycles. The number of thiazole rings is 1. The monoisotopic (exact) mass is 336 g/mol. The minimum atomic E-state index is -0.924. The third-order valence-electron chi connectivity index (χ3n) is 2.73. The Kier molecular flexibility index (Phi) is 5.30. The Balaban J connectivity index is 2.00. The molecule has 1 aromatic carbocycles. The maximum absolute atomic E-state index is 11.8. The molecule has 5 nitrogen and oxygen atoms in total. The second-order valence-electron chi connectivity index (χ2n) is 4.47. The van der Waals surface area contributed by atoms with Crippen molar-refractivity contribution in [3.63, 3.8) is 0 Å². The Bertz CT molecular complexity index is 723. The predicted octanol–water partition coefficient (Wildman–Crippen LogP) is 3.38. The quantitative estimate of drug-likeness (QED) is 0.820. The first-order valence-electron chi connectivity index (χ1n) is 6.37. The van der Waals surface area contributed by atoms with E-state index in [-0.39, 0.29) is 12.3 Å². The summed E-state index contributed by atoms with van der Waals surface area (Å²) < 4.78 is 0. The number of hydrogen-bond acceptors (Lipinski definition) is 4. The van der Waals surface area contributed by atoms with Crippen molar-refractivity contribution in [2.24, 2.45) is 0 Å². The largest absolute Gasteiger partial charge is 0.481 e. The van der Waals surface area contributed by atoms with Crippen molar-refractivity contribution in [2.75, 3.05) is 5.32 Å². The van der Waals surface area contributed by atoms with Crippen LogP contribution in [0.1, 0.15) is 16.1 Å². The smallest absolute Gasteiger partial charge is 0.308 e. The molecule has 0 aliphatic heterocycles. The molecule has 0 bridgehead atoms. The number of carbonyl (C=O) groups is 2. The molecule has 7 heteroatoms. The van der Waals surface area contributed by atoms with Crippen molar-refractivity contribution < 1.29 is 14.7 Å². The summed E-state index contributed by atoms with van der Waals surface area (Å²) in [5.41, 5.74) is 1.46. The lowest BCUT2D eigenvalue weighted by atomic mass is 10.2. The summed E-state index contributed by atoms with van der Waals surface area (Å²) in [5, 5.41) is 12.4. The number of aryl methyl sites for hydroxylation is 1. The zero-order valence-electron chi connectivity index (χ0n) is 11.7. The molecule has 0 saturated heterocycles. The van der Waals surface area contributed by atoms with Crippen molar-refractivity contribution >= 4 is 46.0 Å². The molecule has 0 aliphatic rings. The molecule has 0 saturated carbocycles. The van der Waals surface area contributed by atoms with E-state index >= 15 is 0 Å². The maximum atomic E-state index is 11.8. The van der Waals surface area contributed by atoms with Crippen LogP contribution < -0.4 is 5.32 Å². The van der Waals surface area contributed by atoms with Gasteiger partial charge in [0.15, 0.2) is 5.13 Å². The van der Waals surface area contributed by atoms with Crippen molar-refractivity contribution in [1.82, 2.24) is 4.98 Å². The fourth-order valence-electron chi connectivity index (χ4n) is 1.68. The van der Waals surface area contributed by atoms with E-state index in [9.17, 15) is 9.59 Å². The van der Waals surface area contributed by atoms with Gasteiger partial charge in [-0.2, -0.15) is 0 Å². The lowest BCUT2D eigenvalue weighted by Crippen LogP contribution is -2.07. The number of rotatable bonds is 5. The van der Waals surface area contributed by atoms with Gasteiger partial charge in [-0.1, -0.05) is 23.7 Å². The number of anilines is 1. The zero-order valence-corrected chi connectivity index (χ0v) is 13.2. The van der Waals surface area contributed by atoms with Gasteiger partial charge in [0, 0.05) is 16.0 Å². The summed E-state index contributed by atoms with van der Waals surface area (Å²) in [6.45, 7) is 1.72. The molecular weight excluding hydrogens is 324 g/mol. The minimum absolute atomic E-state index is 0.0972. The van der Waals surface area contributed by atoms with Crippen LogP contribution in [0.25, 0.3) is 6.08 Å². The van der Waals surface area contributed by atoms with Crippen LogP contribution in [0.3, 0.4) is 0 Å². The first-order valence-corrected chi connectivity index (χ1v) is 7.56. The first-order chi connectivity index (χ1) is 10.4. The van der Waals surface area contributed by atoms with Gasteiger partial charge in [0.05, 0.1) is 12.1 Å². The Morgan fingerprint density at radius 1 is 1.36 bits per heavy atom. The SMILES string of the molecule is Cc1nc(NC(=O)/C=C/c2ccc(Cl)cc2)sc1CC(=O)O. The van der Waals surface area contributed by atoms with Crippen molar-refractivity contribution in [1.29, 1.82) is 0 Å². The van der Waals surface area contributed by atoms with Crippen LogP contribution in [0.2, 0.25) is 5.02 Å². The second-order valence-corrected chi connectivity index (χ2v) is 5.99. The highest BCUT2D eigenvalue weighted by Gasteiger charge is 2.11. The number of nitrogens with zero attached hydrogens (tertiary/aromatic N) is 1. The molecule has 0 spiro atoms. The fourth-order valence-corrected chi connectivity index (χ4v) is 2.76. The topological polar surface area (TPSA) is 79.3 Å². The Labute approximate surface area is 136 Å². The molecule has 114 valence electrons. The van der Waals surface area contributed by atoms with E-state index in [1.165, 1.54) is 6.08 Å². The summed E-state index contributed by atoms with van der Waals surface area (Å²) in [6, 6.07) is 7.07. The normalized spacial score (nSPS) is 10.8. The van der Waals surface area contributed by atoms with Gasteiger partial charge in [0.1, 0.15) is 0 Å². The van der Waals surface area contributed by atoms with Gasteiger partial charge in [-0.25, -0.2) is 4.98 Å². The van der Waals surface area contributed by atoms with Crippen molar-refractivity contribution in [3.8, 4) is 0 Å². The summed E-state index contributed by atoms with van der Waals surface area (Å²) in [6.07, 6.45) is 2.95. The zero-order chi connectivity index (χ0) is 16.1. The van der Waals surface area contributed by atoms with E-state index in [0.717, 1.165) is 16.9 Å². The van der Waals surface area contributed by atoms with E-state index in [0.29, 0.717) is 20.7 Å². The number of carboxylic acids is 1. The molecule has 2 rings (SSSR count). The third kappa shape index (κ3) is 4.68. The van der Waals surface area contributed by atoms with Gasteiger partial charge in [-0.3, -0.25) is 14.9 Å². The summed E-state index contributed by atoms with van der Waals surface area (Å²) in [7, 11) is 0. The van der Waals surface area contributed by atoms with Crippen LogP contribution in [0, 0.1) is 6.92 Å². The lowest BCUT2D eigenvalue weighted by molar-refractivity contribution is -0.136. The number of aliphatic carboxylic acids is 1. The number of carboxylic acid groups (broad SMARTS) is 1. The Morgan fingerprint density at radius 3 is 2.68 bits per heavy atom. The van der Waals surface area contributed by atoms with E-state index < -0.39 is 5.97 Å². The molecular formula is C15H13ClN2O3S. The van der Waals surface area contributed by atoms with Crippen molar-refractivity contribution in [3.05, 3.63) is 51.5 Å². The summed E-state index contributed by atoms with van der Waals surface area (Å²) in [4.78, 5) is 27.3. The van der Waals surface area contributed by atoms with Gasteiger partial charge in [-0.05, 0) is 30.7 Å². The molecule has 2 aromatic rings. The Hall–Kier alpha value is -2.18. The molecule has 1 aromatic heterocycles. The van der Waals surface area contributed by atoms with Crippen LogP contribution in [0.4, 0.5) is 5.13 Å². The lowest BCUT2D eigenvalue weighted by Gasteiger charge is -1.96. The van der Waals surface area contributed by atoms with Crippen LogP contribution in [-0.2, 0) is 16.0 Å². The third-order valence-corrected chi connectivity index (χ3v) is 4.06. The highest BCUT2D eigenvalue weighted by atomic mass is 35.5. The number of benzene rings is 1. The van der Waals surface area contributed by atoms with E-state index in [4.69, 9.17) is 16.7 Å². The number of hydrogen-bond donors (Lipinski definition) is 2. The second kappa shape index (κ2) is 7.20. The van der Waals surface area contributed by atoms with Gasteiger partial charge in [0.25, 0.3) is 0 Å². The minimum Gasteiger partial charge on any atom is -0.481 e. The molecule has 0 unspecified atom stereocenters. The van der Waals surface area contributed by atoms with E-state index in [2.05, 4.69) is 10.3 Å². The molecule has 2 N–H and O–H groups in total. The average Bonchev–Trinajstić information content (AvgIpc) is 2.77. The number of nitrogens with one attached hydrogen (secondary N) is 1. The highest BCUT2D eigenvalue weighted by Crippen LogP contribution is 2.23. The van der Waals surface area contributed by atoms with Crippen molar-refractivity contribution in [2.45, 2.75) is 13.3 Å². The Morgan fingerprint density at radius 2 is 2.05 bits per heavy atom. The average molecular weight is 337 g/mol. The molecule has 0 fully saturated rings. The standard InChI is InChI=1S/C15H13ClN2O3S/c1-9-12(8-14(20)21)22-15(17-9)18-13(19)7-4-10-2-5-11(16)6-3-10/h2-7H,8H2,1H3,(H,20,21)(H,17,18,19)/b7-4+. The van der Waals surface area contributed by atoms with E-state index in [1.54, 1.807) is 37.3 Å². The highest BCUT2D eigenvalue weighted by molar-refractivity contribution is 7.16. The number of carbonyl (C=O) groups excluding carboxylic acids is 1. The van der Waals surface area contributed by atoms with Gasteiger partial charge in [-0.15, -0.1) is 11.3 Å². The molecule has 22 heavy (non-hydrogen) atoms. The van der Waals surface area contributed by atoms with Gasteiger partial charge >= 0.3 is 5.97 Å². The van der Waals surface area contributed by atoms with Gasteiger partial charge < -0.3 is 5.11 Å². The number of aromatic nitrogens is 1.